The maximum atomic E-state index is 12.4. The number of carbonyl (C=O) groups is 1. The molecule has 0 aromatic heterocycles. The topological polar surface area (TPSA) is 105 Å². The fourth-order valence-corrected chi connectivity index (χ4v) is 3.44. The van der Waals surface area contributed by atoms with Gasteiger partial charge in [0, 0.05) is 27.9 Å². The molecule has 0 aliphatic rings. The molecule has 0 atom stereocenters. The van der Waals surface area contributed by atoms with Gasteiger partial charge in [-0.05, 0) is 73.0 Å². The Kier molecular flexibility index (Phi) is 7.59. The van der Waals surface area contributed by atoms with Crippen molar-refractivity contribution in [2.75, 3.05) is 11.9 Å². The van der Waals surface area contributed by atoms with Crippen molar-refractivity contribution in [3.8, 4) is 11.8 Å². The zero-order valence-electron chi connectivity index (χ0n) is 18.0. The molecule has 7 nitrogen and oxygen atoms in total. The van der Waals surface area contributed by atoms with Gasteiger partial charge in [-0.25, -0.2) is 0 Å². The fraction of sp³-hybridized carbons (Fsp3) is 0.120. The van der Waals surface area contributed by atoms with Crippen LogP contribution in [0.25, 0.3) is 11.6 Å². The van der Waals surface area contributed by atoms with Crippen LogP contribution in [0, 0.1) is 35.3 Å². The third kappa shape index (κ3) is 6.28. The van der Waals surface area contributed by atoms with Crippen LogP contribution in [0.4, 0.5) is 11.4 Å². The van der Waals surface area contributed by atoms with Crippen LogP contribution >= 0.6 is 15.9 Å². The number of carbonyl (C=O) groups excluding carboxylic acids is 1. The molecule has 33 heavy (non-hydrogen) atoms. The number of nitro groups is 1. The normalized spacial score (nSPS) is 10.9. The molecule has 0 saturated heterocycles. The second kappa shape index (κ2) is 10.6. The van der Waals surface area contributed by atoms with Crippen molar-refractivity contribution in [2.24, 2.45) is 0 Å². The molecule has 1 amide bonds. The smallest absolute Gasteiger partial charge is 0.269 e. The number of rotatable bonds is 7. The molecular weight excluding hydrogens is 486 g/mol. The lowest BCUT2D eigenvalue weighted by molar-refractivity contribution is -0.384. The number of nitriles is 1. The summed E-state index contributed by atoms with van der Waals surface area (Å²) in [7, 11) is 0. The zero-order valence-corrected chi connectivity index (χ0v) is 19.5. The number of amides is 1. The highest BCUT2D eigenvalue weighted by atomic mass is 79.9. The SMILES string of the molecule is Cc1ccc(C)c(NC(=O)COc2ccc(Br)cc2/C=C(\C#N)c2ccc([N+](=O)[O-])cc2)c1. The third-order valence-electron chi connectivity index (χ3n) is 4.81. The average Bonchev–Trinajstić information content (AvgIpc) is 2.79. The third-order valence-corrected chi connectivity index (χ3v) is 5.30. The number of nitrogens with one attached hydrogen (secondary N) is 1. The van der Waals surface area contributed by atoms with E-state index in [0.717, 1.165) is 21.3 Å². The molecule has 0 unspecified atom stereocenters. The summed E-state index contributed by atoms with van der Waals surface area (Å²) < 4.78 is 6.52. The van der Waals surface area contributed by atoms with E-state index in [9.17, 15) is 20.2 Å². The van der Waals surface area contributed by atoms with Crippen molar-refractivity contribution in [1.82, 2.24) is 0 Å². The van der Waals surface area contributed by atoms with E-state index in [-0.39, 0.29) is 18.2 Å². The molecule has 0 radical (unpaired) electrons. The van der Waals surface area contributed by atoms with Crippen molar-refractivity contribution >= 4 is 44.9 Å². The van der Waals surface area contributed by atoms with Crippen LogP contribution in [0.15, 0.2) is 65.1 Å². The van der Waals surface area contributed by atoms with Gasteiger partial charge < -0.3 is 10.1 Å². The number of hydrogen-bond acceptors (Lipinski definition) is 5. The first-order valence-corrected chi connectivity index (χ1v) is 10.7. The number of aryl methyl sites for hydroxylation is 2. The van der Waals surface area contributed by atoms with Crippen LogP contribution in [-0.4, -0.2) is 17.4 Å². The van der Waals surface area contributed by atoms with Crippen molar-refractivity contribution < 1.29 is 14.5 Å². The Morgan fingerprint density at radius 3 is 2.55 bits per heavy atom. The zero-order chi connectivity index (χ0) is 24.0. The van der Waals surface area contributed by atoms with Gasteiger partial charge in [0.15, 0.2) is 6.61 Å². The van der Waals surface area contributed by atoms with Gasteiger partial charge >= 0.3 is 0 Å². The lowest BCUT2D eigenvalue weighted by Crippen LogP contribution is -2.21. The molecule has 0 aliphatic carbocycles. The Labute approximate surface area is 199 Å². The molecule has 8 heteroatoms. The number of nitrogens with zero attached hydrogens (tertiary/aromatic N) is 2. The van der Waals surface area contributed by atoms with Crippen LogP contribution in [-0.2, 0) is 4.79 Å². The summed E-state index contributed by atoms with van der Waals surface area (Å²) in [5, 5.41) is 23.4. The van der Waals surface area contributed by atoms with Crippen LogP contribution < -0.4 is 10.1 Å². The first-order valence-electron chi connectivity index (χ1n) is 9.93. The second-order valence-corrected chi connectivity index (χ2v) is 8.23. The summed E-state index contributed by atoms with van der Waals surface area (Å²) in [6.45, 7) is 3.65. The van der Waals surface area contributed by atoms with Crippen molar-refractivity contribution in [1.29, 1.82) is 5.26 Å². The number of allylic oxidation sites excluding steroid dienone is 1. The number of benzene rings is 3. The van der Waals surface area contributed by atoms with E-state index in [1.807, 2.05) is 32.0 Å². The molecule has 0 bridgehead atoms. The predicted octanol–water partition coefficient (Wildman–Crippen LogP) is 6.06. The van der Waals surface area contributed by atoms with Crippen molar-refractivity contribution in [3.63, 3.8) is 0 Å². The highest BCUT2D eigenvalue weighted by Crippen LogP contribution is 2.28. The summed E-state index contributed by atoms with van der Waals surface area (Å²) in [6, 6.07) is 18.9. The largest absolute Gasteiger partial charge is 0.483 e. The van der Waals surface area contributed by atoms with Crippen LogP contribution in [0.2, 0.25) is 0 Å². The Morgan fingerprint density at radius 1 is 1.15 bits per heavy atom. The number of ether oxygens (including phenoxy) is 1. The number of hydrogen-bond donors (Lipinski definition) is 1. The standard InChI is InChI=1S/C25H20BrN3O4/c1-16-3-4-17(2)23(11-16)28-25(30)15-33-24-10-7-21(26)13-19(24)12-20(14-27)18-5-8-22(9-6-18)29(31)32/h3-13H,15H2,1-2H3,(H,28,30)/b20-12+. The minimum absolute atomic E-state index is 0.0580. The quantitative estimate of drug-likeness (QED) is 0.182. The molecule has 0 heterocycles. The van der Waals surface area contributed by atoms with E-state index in [2.05, 4.69) is 27.3 Å². The molecule has 3 rings (SSSR count). The Morgan fingerprint density at radius 2 is 1.88 bits per heavy atom. The summed E-state index contributed by atoms with van der Waals surface area (Å²) in [5.41, 5.74) is 4.06. The number of nitro benzene ring substituents is 1. The highest BCUT2D eigenvalue weighted by Gasteiger charge is 2.11. The minimum Gasteiger partial charge on any atom is -0.483 e. The van der Waals surface area contributed by atoms with Crippen molar-refractivity contribution in [2.45, 2.75) is 13.8 Å². The lowest BCUT2D eigenvalue weighted by atomic mass is 10.0. The van der Waals surface area contributed by atoms with Gasteiger partial charge in [-0.1, -0.05) is 28.1 Å². The molecule has 166 valence electrons. The van der Waals surface area contributed by atoms with Gasteiger partial charge in [0.25, 0.3) is 11.6 Å². The maximum absolute atomic E-state index is 12.4. The van der Waals surface area contributed by atoms with Gasteiger partial charge in [0.2, 0.25) is 0 Å². The van der Waals surface area contributed by atoms with Gasteiger partial charge in [-0.2, -0.15) is 5.26 Å². The van der Waals surface area contributed by atoms with Crippen molar-refractivity contribution in [3.05, 3.63) is 97.5 Å². The predicted molar refractivity (Wildman–Crippen MR) is 131 cm³/mol. The first-order chi connectivity index (χ1) is 15.8. The molecule has 0 fully saturated rings. The second-order valence-electron chi connectivity index (χ2n) is 7.31. The van der Waals surface area contributed by atoms with E-state index >= 15 is 0 Å². The van der Waals surface area contributed by atoms with Gasteiger partial charge in [-0.15, -0.1) is 0 Å². The Bertz CT molecular complexity index is 1280. The number of halogens is 1. The summed E-state index contributed by atoms with van der Waals surface area (Å²) in [4.78, 5) is 22.8. The van der Waals surface area contributed by atoms with E-state index < -0.39 is 4.92 Å². The van der Waals surface area contributed by atoms with E-state index in [1.165, 1.54) is 24.3 Å². The molecular formula is C25H20BrN3O4. The number of non-ortho nitro benzene ring substituents is 1. The number of anilines is 1. The first kappa shape index (κ1) is 23.7. The Balaban J connectivity index is 1.80. The monoisotopic (exact) mass is 505 g/mol. The molecule has 0 saturated carbocycles. The highest BCUT2D eigenvalue weighted by molar-refractivity contribution is 9.10. The van der Waals surface area contributed by atoms with Gasteiger partial charge in [0.1, 0.15) is 5.75 Å². The molecule has 3 aromatic carbocycles. The summed E-state index contributed by atoms with van der Waals surface area (Å²) in [6.07, 6.45) is 1.61. The minimum atomic E-state index is -0.497. The van der Waals surface area contributed by atoms with Crippen LogP contribution in [0.3, 0.4) is 0 Å². The summed E-state index contributed by atoms with van der Waals surface area (Å²) >= 11 is 3.41. The molecule has 3 aromatic rings. The van der Waals surface area contributed by atoms with Gasteiger partial charge in [-0.3, -0.25) is 14.9 Å². The molecule has 0 spiro atoms. The van der Waals surface area contributed by atoms with E-state index in [0.29, 0.717) is 22.4 Å². The summed E-state index contributed by atoms with van der Waals surface area (Å²) in [5.74, 6) is 0.112. The fourth-order valence-electron chi connectivity index (χ4n) is 3.06. The Hall–Kier alpha value is -3.96. The van der Waals surface area contributed by atoms with E-state index in [4.69, 9.17) is 4.74 Å². The molecule has 0 aliphatic heterocycles. The molecule has 1 N–H and O–H groups in total. The van der Waals surface area contributed by atoms with Crippen LogP contribution in [0.1, 0.15) is 22.3 Å². The van der Waals surface area contributed by atoms with Crippen LogP contribution in [0.5, 0.6) is 5.75 Å². The van der Waals surface area contributed by atoms with Gasteiger partial charge in [0.05, 0.1) is 16.6 Å². The van der Waals surface area contributed by atoms with E-state index in [1.54, 1.807) is 24.3 Å². The maximum Gasteiger partial charge on any atom is 0.269 e. The lowest BCUT2D eigenvalue weighted by Gasteiger charge is -2.12. The average molecular weight is 506 g/mol.